The van der Waals surface area contributed by atoms with Gasteiger partial charge in [-0.15, -0.1) is 0 Å². The molecule has 0 saturated heterocycles. The Kier molecular flexibility index (Phi) is 3.07. The van der Waals surface area contributed by atoms with E-state index in [2.05, 4.69) is 17.2 Å². The molecule has 1 aliphatic heterocycles. The van der Waals surface area contributed by atoms with Gasteiger partial charge in [0, 0.05) is 29.0 Å². The standard InChI is InChI=1S/C16H15N3OS/c1-2-17-15-11-8-21-9-12(11)18-16(19-15)14-7-10-5-3-4-6-13(10)20-14/h3-7H,2,8-9H2,1H3,(H,17,18,19). The van der Waals surface area contributed by atoms with Crippen molar-refractivity contribution in [1.29, 1.82) is 0 Å². The molecular formula is C16H15N3OS. The van der Waals surface area contributed by atoms with E-state index in [0.717, 1.165) is 46.3 Å². The van der Waals surface area contributed by atoms with Gasteiger partial charge in [-0.25, -0.2) is 9.97 Å². The Morgan fingerprint density at radius 2 is 2.14 bits per heavy atom. The highest BCUT2D eigenvalue weighted by molar-refractivity contribution is 7.98. The summed E-state index contributed by atoms with van der Waals surface area (Å²) in [6, 6.07) is 9.99. The van der Waals surface area contributed by atoms with Gasteiger partial charge in [-0.05, 0) is 19.1 Å². The molecule has 3 heterocycles. The zero-order valence-corrected chi connectivity index (χ0v) is 12.5. The lowest BCUT2D eigenvalue weighted by atomic mass is 10.2. The molecule has 0 atom stereocenters. The van der Waals surface area contributed by atoms with Gasteiger partial charge in [0.05, 0.1) is 5.69 Å². The van der Waals surface area contributed by atoms with Crippen molar-refractivity contribution in [2.45, 2.75) is 18.4 Å². The fourth-order valence-corrected chi connectivity index (χ4v) is 3.61. The first-order valence-corrected chi connectivity index (χ1v) is 8.21. The van der Waals surface area contributed by atoms with Crippen molar-refractivity contribution in [2.24, 2.45) is 0 Å². The first-order chi connectivity index (χ1) is 10.3. The number of rotatable bonds is 3. The van der Waals surface area contributed by atoms with Crippen molar-refractivity contribution in [3.8, 4) is 11.6 Å². The summed E-state index contributed by atoms with van der Waals surface area (Å²) in [7, 11) is 0. The van der Waals surface area contributed by atoms with E-state index < -0.39 is 0 Å². The summed E-state index contributed by atoms with van der Waals surface area (Å²) >= 11 is 1.88. The van der Waals surface area contributed by atoms with Gasteiger partial charge in [0.2, 0.25) is 0 Å². The van der Waals surface area contributed by atoms with Crippen molar-refractivity contribution < 1.29 is 4.42 Å². The molecule has 0 aliphatic carbocycles. The summed E-state index contributed by atoms with van der Waals surface area (Å²) in [5, 5.41) is 4.43. The van der Waals surface area contributed by atoms with E-state index in [1.807, 2.05) is 42.1 Å². The molecule has 2 aromatic heterocycles. The van der Waals surface area contributed by atoms with Crippen LogP contribution in [0.3, 0.4) is 0 Å². The number of thioether (sulfide) groups is 1. The average molecular weight is 297 g/mol. The number of nitrogens with one attached hydrogen (secondary N) is 1. The summed E-state index contributed by atoms with van der Waals surface area (Å²) in [6.45, 7) is 2.94. The van der Waals surface area contributed by atoms with Crippen molar-refractivity contribution in [3.63, 3.8) is 0 Å². The lowest BCUT2D eigenvalue weighted by Gasteiger charge is -2.09. The number of furan rings is 1. The second-order valence-electron chi connectivity index (χ2n) is 4.99. The number of para-hydroxylation sites is 1. The van der Waals surface area contributed by atoms with Crippen LogP contribution < -0.4 is 5.32 Å². The summed E-state index contributed by atoms with van der Waals surface area (Å²) in [4.78, 5) is 9.37. The second kappa shape index (κ2) is 5.07. The van der Waals surface area contributed by atoms with Gasteiger partial charge >= 0.3 is 0 Å². The Bertz CT molecular complexity index is 779. The largest absolute Gasteiger partial charge is 0.453 e. The fraction of sp³-hybridized carbons (Fsp3) is 0.250. The molecule has 5 heteroatoms. The summed E-state index contributed by atoms with van der Waals surface area (Å²) in [5.41, 5.74) is 3.24. The molecule has 1 aliphatic rings. The number of benzene rings is 1. The third kappa shape index (κ3) is 2.17. The van der Waals surface area contributed by atoms with Crippen molar-refractivity contribution in [2.75, 3.05) is 11.9 Å². The normalized spacial score (nSPS) is 13.6. The van der Waals surface area contributed by atoms with Gasteiger partial charge in [-0.2, -0.15) is 11.8 Å². The minimum Gasteiger partial charge on any atom is -0.453 e. The molecule has 3 aromatic rings. The topological polar surface area (TPSA) is 51.0 Å². The van der Waals surface area contributed by atoms with E-state index >= 15 is 0 Å². The predicted octanol–water partition coefficient (Wildman–Crippen LogP) is 4.07. The van der Waals surface area contributed by atoms with Crippen LogP contribution in [0.4, 0.5) is 5.82 Å². The highest BCUT2D eigenvalue weighted by Crippen LogP contribution is 2.35. The van der Waals surface area contributed by atoms with Crippen molar-refractivity contribution in [1.82, 2.24) is 9.97 Å². The van der Waals surface area contributed by atoms with Crippen LogP contribution in [-0.4, -0.2) is 16.5 Å². The molecule has 0 fully saturated rings. The second-order valence-corrected chi connectivity index (χ2v) is 5.98. The van der Waals surface area contributed by atoms with Crippen LogP contribution in [0.15, 0.2) is 34.7 Å². The first kappa shape index (κ1) is 12.7. The monoisotopic (exact) mass is 297 g/mol. The molecule has 1 N–H and O–H groups in total. The molecule has 0 amide bonds. The molecule has 0 bridgehead atoms. The number of hydrogen-bond acceptors (Lipinski definition) is 5. The Morgan fingerprint density at radius 1 is 1.24 bits per heavy atom. The van der Waals surface area contributed by atoms with E-state index in [0.29, 0.717) is 5.82 Å². The zero-order valence-electron chi connectivity index (χ0n) is 11.7. The third-order valence-electron chi connectivity index (χ3n) is 3.57. The van der Waals surface area contributed by atoms with Crippen molar-refractivity contribution in [3.05, 3.63) is 41.6 Å². The minimum atomic E-state index is 0.670. The predicted molar refractivity (Wildman–Crippen MR) is 86.4 cm³/mol. The van der Waals surface area contributed by atoms with Gasteiger partial charge in [0.1, 0.15) is 11.4 Å². The van der Waals surface area contributed by atoms with Crippen LogP contribution in [0.2, 0.25) is 0 Å². The fourth-order valence-electron chi connectivity index (χ4n) is 2.57. The van der Waals surface area contributed by atoms with E-state index in [9.17, 15) is 0 Å². The Labute approximate surface area is 127 Å². The molecular weight excluding hydrogens is 282 g/mol. The molecule has 4 nitrogen and oxygen atoms in total. The molecule has 4 rings (SSSR count). The molecule has 1 aromatic carbocycles. The average Bonchev–Trinajstić information content (AvgIpc) is 3.13. The van der Waals surface area contributed by atoms with E-state index in [4.69, 9.17) is 9.40 Å². The van der Waals surface area contributed by atoms with Crippen LogP contribution in [0, 0.1) is 0 Å². The van der Waals surface area contributed by atoms with Crippen LogP contribution in [0.5, 0.6) is 0 Å². The maximum Gasteiger partial charge on any atom is 0.197 e. The van der Waals surface area contributed by atoms with Gasteiger partial charge in [-0.1, -0.05) is 18.2 Å². The zero-order chi connectivity index (χ0) is 14.2. The van der Waals surface area contributed by atoms with Crippen LogP contribution >= 0.6 is 11.8 Å². The minimum absolute atomic E-state index is 0.670. The molecule has 0 spiro atoms. The molecule has 0 radical (unpaired) electrons. The summed E-state index contributed by atoms with van der Waals surface area (Å²) in [5.74, 6) is 4.28. The van der Waals surface area contributed by atoms with Gasteiger partial charge in [0.15, 0.2) is 11.6 Å². The summed E-state index contributed by atoms with van der Waals surface area (Å²) < 4.78 is 5.89. The lowest BCUT2D eigenvalue weighted by Crippen LogP contribution is -2.06. The van der Waals surface area contributed by atoms with Crippen LogP contribution in [0.25, 0.3) is 22.6 Å². The highest BCUT2D eigenvalue weighted by Gasteiger charge is 2.21. The quantitative estimate of drug-likeness (QED) is 0.789. The maximum absolute atomic E-state index is 5.89. The Balaban J connectivity index is 1.86. The van der Waals surface area contributed by atoms with Crippen molar-refractivity contribution >= 4 is 28.5 Å². The Hall–Kier alpha value is -2.01. The summed E-state index contributed by atoms with van der Waals surface area (Å²) in [6.07, 6.45) is 0. The number of nitrogens with zero attached hydrogens (tertiary/aromatic N) is 2. The highest BCUT2D eigenvalue weighted by atomic mass is 32.2. The third-order valence-corrected chi connectivity index (χ3v) is 4.54. The van der Waals surface area contributed by atoms with Crippen LogP contribution in [0.1, 0.15) is 18.2 Å². The Morgan fingerprint density at radius 3 is 3.00 bits per heavy atom. The SMILES string of the molecule is CCNc1nc(-c2cc3ccccc3o2)nc2c1CSC2. The van der Waals surface area contributed by atoms with Gasteiger partial charge in [0.25, 0.3) is 0 Å². The number of hydrogen-bond donors (Lipinski definition) is 1. The number of anilines is 1. The first-order valence-electron chi connectivity index (χ1n) is 7.05. The smallest absolute Gasteiger partial charge is 0.197 e. The van der Waals surface area contributed by atoms with E-state index in [1.54, 1.807) is 0 Å². The molecule has 0 unspecified atom stereocenters. The number of aromatic nitrogens is 2. The van der Waals surface area contributed by atoms with E-state index in [1.165, 1.54) is 5.56 Å². The van der Waals surface area contributed by atoms with E-state index in [-0.39, 0.29) is 0 Å². The van der Waals surface area contributed by atoms with Gasteiger partial charge < -0.3 is 9.73 Å². The maximum atomic E-state index is 5.89. The molecule has 106 valence electrons. The van der Waals surface area contributed by atoms with Crippen LogP contribution in [-0.2, 0) is 11.5 Å². The lowest BCUT2D eigenvalue weighted by molar-refractivity contribution is 0.624. The molecule has 21 heavy (non-hydrogen) atoms. The van der Waals surface area contributed by atoms with Gasteiger partial charge in [-0.3, -0.25) is 0 Å². The number of fused-ring (bicyclic) bond motifs is 2. The molecule has 0 saturated carbocycles.